The van der Waals surface area contributed by atoms with Crippen molar-refractivity contribution in [1.82, 2.24) is 0 Å². The minimum absolute atomic E-state index is 0.134. The van der Waals surface area contributed by atoms with E-state index in [9.17, 15) is 14.5 Å². The number of rotatable bonds is 5. The Morgan fingerprint density at radius 1 is 1.25 bits per heavy atom. The molecule has 5 nitrogen and oxygen atoms in total. The van der Waals surface area contributed by atoms with Gasteiger partial charge in [-0.15, -0.1) is 0 Å². The van der Waals surface area contributed by atoms with E-state index in [1.54, 1.807) is 0 Å². The molecule has 0 aliphatic carbocycles. The average Bonchev–Trinajstić information content (AvgIpc) is 2.56. The monoisotopic (exact) mass is 347 g/mol. The molecule has 2 rings (SSSR count). The molecular formula is C17H18FN3O2S. The molecule has 0 fully saturated rings. The van der Waals surface area contributed by atoms with Crippen LogP contribution in [-0.4, -0.2) is 10.0 Å². The maximum Gasteiger partial charge on any atom is 0.295 e. The third-order valence-corrected chi connectivity index (χ3v) is 3.96. The van der Waals surface area contributed by atoms with Crippen LogP contribution in [0.3, 0.4) is 0 Å². The summed E-state index contributed by atoms with van der Waals surface area (Å²) in [4.78, 5) is 10.3. The predicted octanol–water partition coefficient (Wildman–Crippen LogP) is 5.06. The van der Waals surface area contributed by atoms with E-state index >= 15 is 0 Å². The third kappa shape index (κ3) is 4.48. The Bertz CT molecular complexity index is 750. The van der Waals surface area contributed by atoms with Crippen molar-refractivity contribution in [2.45, 2.75) is 26.2 Å². The molecule has 0 aliphatic heterocycles. The largest absolute Gasteiger partial charge is 0.332 e. The molecule has 2 N–H and O–H groups in total. The van der Waals surface area contributed by atoms with E-state index in [2.05, 4.69) is 24.5 Å². The Morgan fingerprint density at radius 3 is 2.50 bits per heavy atom. The quantitative estimate of drug-likeness (QED) is 0.450. The highest BCUT2D eigenvalue weighted by Crippen LogP contribution is 2.25. The zero-order chi connectivity index (χ0) is 17.7. The zero-order valence-electron chi connectivity index (χ0n) is 13.4. The molecule has 0 aromatic heterocycles. The number of nitro groups is 1. The fourth-order valence-electron chi connectivity index (χ4n) is 2.18. The third-order valence-electron chi connectivity index (χ3n) is 3.75. The number of hydrogen-bond acceptors (Lipinski definition) is 3. The number of nitrogens with zero attached hydrogens (tertiary/aromatic N) is 1. The number of nitro benzene ring substituents is 1. The summed E-state index contributed by atoms with van der Waals surface area (Å²) in [6, 6.07) is 11.1. The van der Waals surface area contributed by atoms with Gasteiger partial charge in [0.05, 0.1) is 11.0 Å². The Kier molecular flexibility index (Phi) is 5.81. The molecule has 0 heterocycles. The Hall–Kier alpha value is -2.54. The van der Waals surface area contributed by atoms with Crippen LogP contribution in [0.5, 0.6) is 0 Å². The van der Waals surface area contributed by atoms with E-state index < -0.39 is 10.7 Å². The van der Waals surface area contributed by atoms with Gasteiger partial charge in [-0.25, -0.2) is 4.39 Å². The van der Waals surface area contributed by atoms with Gasteiger partial charge in [-0.1, -0.05) is 26.0 Å². The van der Waals surface area contributed by atoms with Crippen LogP contribution in [-0.2, 0) is 0 Å². The summed E-state index contributed by atoms with van der Waals surface area (Å²) in [5.74, 6) is -0.197. The van der Waals surface area contributed by atoms with Crippen molar-refractivity contribution in [3.63, 3.8) is 0 Å². The molecule has 0 aliphatic rings. The molecule has 7 heteroatoms. The summed E-state index contributed by atoms with van der Waals surface area (Å²) in [7, 11) is 0. The van der Waals surface area contributed by atoms with Gasteiger partial charge in [0.15, 0.2) is 5.11 Å². The van der Waals surface area contributed by atoms with Crippen LogP contribution >= 0.6 is 12.2 Å². The van der Waals surface area contributed by atoms with Gasteiger partial charge in [0.1, 0.15) is 11.5 Å². The summed E-state index contributed by atoms with van der Waals surface area (Å²) in [6.07, 6.45) is 1.06. The Labute approximate surface area is 145 Å². The lowest BCUT2D eigenvalue weighted by atomic mass is 9.99. The van der Waals surface area contributed by atoms with Gasteiger partial charge >= 0.3 is 0 Å². The minimum atomic E-state index is -0.674. The lowest BCUT2D eigenvalue weighted by molar-refractivity contribution is -0.384. The molecule has 24 heavy (non-hydrogen) atoms. The first-order valence-corrected chi connectivity index (χ1v) is 7.93. The van der Waals surface area contributed by atoms with E-state index in [0.717, 1.165) is 24.2 Å². The molecular weight excluding hydrogens is 329 g/mol. The van der Waals surface area contributed by atoms with Crippen molar-refractivity contribution < 1.29 is 9.31 Å². The number of hydrogen-bond donors (Lipinski definition) is 2. The molecule has 0 bridgehead atoms. The zero-order valence-corrected chi connectivity index (χ0v) is 14.2. The van der Waals surface area contributed by atoms with E-state index in [0.29, 0.717) is 5.92 Å². The fraction of sp³-hybridized carbons (Fsp3) is 0.235. The molecule has 0 radical (unpaired) electrons. The molecule has 1 atom stereocenters. The van der Waals surface area contributed by atoms with E-state index in [1.165, 1.54) is 11.6 Å². The van der Waals surface area contributed by atoms with Crippen LogP contribution in [0.1, 0.15) is 31.7 Å². The van der Waals surface area contributed by atoms with Gasteiger partial charge in [-0.3, -0.25) is 10.1 Å². The van der Waals surface area contributed by atoms with Gasteiger partial charge < -0.3 is 10.6 Å². The maximum absolute atomic E-state index is 13.1. The van der Waals surface area contributed by atoms with Crippen LogP contribution in [0.4, 0.5) is 21.5 Å². The Balaban J connectivity index is 2.07. The molecule has 0 saturated heterocycles. The number of thiocarbonyl (C=S) groups is 1. The van der Waals surface area contributed by atoms with E-state index in [1.807, 2.05) is 24.3 Å². The van der Waals surface area contributed by atoms with Crippen molar-refractivity contribution in [3.8, 4) is 0 Å². The molecule has 0 amide bonds. The Morgan fingerprint density at radius 2 is 1.92 bits per heavy atom. The van der Waals surface area contributed by atoms with Crippen LogP contribution in [0.25, 0.3) is 0 Å². The molecule has 2 aromatic carbocycles. The number of anilines is 2. The summed E-state index contributed by atoms with van der Waals surface area (Å²) in [6.45, 7) is 4.29. The van der Waals surface area contributed by atoms with Gasteiger partial charge in [-0.05, 0) is 54.4 Å². The normalized spacial score (nSPS) is 11.6. The van der Waals surface area contributed by atoms with Gasteiger partial charge in [0.25, 0.3) is 5.69 Å². The predicted molar refractivity (Wildman–Crippen MR) is 98.0 cm³/mol. The number of benzene rings is 2. The highest BCUT2D eigenvalue weighted by Gasteiger charge is 2.15. The lowest BCUT2D eigenvalue weighted by Crippen LogP contribution is -2.19. The van der Waals surface area contributed by atoms with Crippen LogP contribution in [0, 0.1) is 15.9 Å². The summed E-state index contributed by atoms with van der Waals surface area (Å²) in [5.41, 5.74) is 1.77. The molecule has 0 saturated carbocycles. The van der Waals surface area contributed by atoms with Crippen LogP contribution in [0.2, 0.25) is 0 Å². The second kappa shape index (κ2) is 7.83. The van der Waals surface area contributed by atoms with Gasteiger partial charge in [-0.2, -0.15) is 0 Å². The molecule has 0 spiro atoms. The van der Waals surface area contributed by atoms with Crippen LogP contribution < -0.4 is 10.6 Å². The highest BCUT2D eigenvalue weighted by molar-refractivity contribution is 7.80. The molecule has 1 unspecified atom stereocenters. The number of nitrogens with one attached hydrogen (secondary N) is 2. The first-order valence-electron chi connectivity index (χ1n) is 7.52. The maximum atomic E-state index is 13.1. The topological polar surface area (TPSA) is 67.2 Å². The SMILES string of the molecule is CCC(C)c1ccc(NC(=S)Nc2ccc(F)cc2[N+](=O)[O-])cc1. The smallest absolute Gasteiger partial charge is 0.295 e. The summed E-state index contributed by atoms with van der Waals surface area (Å²) < 4.78 is 13.1. The number of halogens is 1. The van der Waals surface area contributed by atoms with Crippen molar-refractivity contribution in [2.24, 2.45) is 0 Å². The van der Waals surface area contributed by atoms with Crippen molar-refractivity contribution >= 4 is 34.4 Å². The standard InChI is InChI=1S/C17H18FN3O2S/c1-3-11(2)12-4-7-14(8-5-12)19-17(24)20-15-9-6-13(18)10-16(15)21(22)23/h4-11H,3H2,1-2H3,(H2,19,20,24). The van der Waals surface area contributed by atoms with Gasteiger partial charge in [0, 0.05) is 5.69 Å². The molecule has 2 aromatic rings. The first kappa shape index (κ1) is 17.8. The van der Waals surface area contributed by atoms with E-state index in [4.69, 9.17) is 12.2 Å². The van der Waals surface area contributed by atoms with Crippen LogP contribution in [0.15, 0.2) is 42.5 Å². The van der Waals surface area contributed by atoms with Crippen molar-refractivity contribution in [2.75, 3.05) is 10.6 Å². The van der Waals surface area contributed by atoms with Crippen molar-refractivity contribution in [3.05, 3.63) is 64.0 Å². The summed E-state index contributed by atoms with van der Waals surface area (Å²) in [5, 5.41) is 16.9. The van der Waals surface area contributed by atoms with Crippen molar-refractivity contribution in [1.29, 1.82) is 0 Å². The second-order valence-electron chi connectivity index (χ2n) is 5.43. The highest BCUT2D eigenvalue weighted by atomic mass is 32.1. The lowest BCUT2D eigenvalue weighted by Gasteiger charge is -2.13. The molecule has 126 valence electrons. The van der Waals surface area contributed by atoms with E-state index in [-0.39, 0.29) is 16.5 Å². The first-order chi connectivity index (χ1) is 11.4. The average molecular weight is 347 g/mol. The minimum Gasteiger partial charge on any atom is -0.332 e. The fourth-order valence-corrected chi connectivity index (χ4v) is 2.40. The van der Waals surface area contributed by atoms with Gasteiger partial charge in [0.2, 0.25) is 0 Å². The second-order valence-corrected chi connectivity index (χ2v) is 5.84. The summed E-state index contributed by atoms with van der Waals surface area (Å²) >= 11 is 5.17.